The van der Waals surface area contributed by atoms with Crippen LogP contribution in [0.4, 0.5) is 0 Å². The fourth-order valence-electron chi connectivity index (χ4n) is 3.34. The minimum absolute atomic E-state index is 0.0636. The lowest BCUT2D eigenvalue weighted by Crippen LogP contribution is -2.61. The number of rotatable bonds is 11. The second-order valence-electron chi connectivity index (χ2n) is 8.57. The van der Waals surface area contributed by atoms with Crippen LogP contribution in [0.2, 0.25) is 0 Å². The highest BCUT2D eigenvalue weighted by Gasteiger charge is 2.56. The summed E-state index contributed by atoms with van der Waals surface area (Å²) < 4.78 is 40.1. The Morgan fingerprint density at radius 1 is 1.14 bits per heavy atom. The Labute approximate surface area is 209 Å². The standard InChI is InChI=1S/C23H31N2O8PS/c1-7-30-34(28,31-8-2)33-15(3)19(22(27)32-23(4,5)6)25-20(26)18-21(25)35-17(24-18)14-29-16-12-10-9-11-13-16/h9-13,18,21H,7-8,14H2,1-6H3. The molecule has 0 radical (unpaired) electrons. The lowest BCUT2D eigenvalue weighted by atomic mass is 10.1. The Morgan fingerprint density at radius 3 is 2.34 bits per heavy atom. The highest BCUT2D eigenvalue weighted by molar-refractivity contribution is 8.15. The first-order valence-corrected chi connectivity index (χ1v) is 13.6. The number of β-lactam (4-membered cyclic amide) rings is 1. The number of aliphatic imine (C=N–C) groups is 1. The van der Waals surface area contributed by atoms with Crippen molar-refractivity contribution in [2.75, 3.05) is 19.8 Å². The average Bonchev–Trinajstić information content (AvgIpc) is 3.14. The minimum Gasteiger partial charge on any atom is -0.487 e. The maximum Gasteiger partial charge on any atom is 0.529 e. The third kappa shape index (κ3) is 6.67. The Kier molecular flexibility index (Phi) is 8.69. The van der Waals surface area contributed by atoms with Crippen LogP contribution in [0.25, 0.3) is 0 Å². The van der Waals surface area contributed by atoms with Crippen LogP contribution >= 0.6 is 19.6 Å². The second kappa shape index (κ2) is 11.2. The van der Waals surface area contributed by atoms with Gasteiger partial charge in [0.05, 0.1) is 13.2 Å². The maximum absolute atomic E-state index is 13.2. The van der Waals surface area contributed by atoms with Crippen molar-refractivity contribution in [3.8, 4) is 5.75 Å². The highest BCUT2D eigenvalue weighted by Crippen LogP contribution is 2.52. The number of fused-ring (bicyclic) bond motifs is 1. The normalized spacial score (nSPS) is 20.5. The number of carbonyl (C=O) groups excluding carboxylic acids is 2. The molecule has 2 atom stereocenters. The molecule has 3 rings (SSSR count). The maximum atomic E-state index is 13.2. The Bertz CT molecular complexity index is 1040. The first-order valence-electron chi connectivity index (χ1n) is 11.2. The van der Waals surface area contributed by atoms with E-state index >= 15 is 0 Å². The van der Waals surface area contributed by atoms with Gasteiger partial charge in [-0.1, -0.05) is 30.0 Å². The van der Waals surface area contributed by atoms with Crippen LogP contribution in [0, 0.1) is 0 Å². The minimum atomic E-state index is -4.01. The number of para-hydroxylation sites is 1. The fraction of sp³-hybridized carbons (Fsp3) is 0.522. The number of likely N-dealkylation sites (tertiary alicyclic amines) is 1. The number of phosphoric ester groups is 1. The summed E-state index contributed by atoms with van der Waals surface area (Å²) in [5.74, 6) is -0.620. The lowest BCUT2D eigenvalue weighted by molar-refractivity contribution is -0.158. The zero-order valence-electron chi connectivity index (χ0n) is 20.7. The number of hydrogen-bond donors (Lipinski definition) is 0. The SMILES string of the molecule is CCOP(=O)(OCC)OC(C)=C(C(=O)OC(C)(C)C)N1C(=O)C2N=C(COc3ccccc3)SC21. The lowest BCUT2D eigenvalue weighted by Gasteiger charge is -2.42. The van der Waals surface area contributed by atoms with Crippen LogP contribution in [-0.4, -0.2) is 58.7 Å². The third-order valence-electron chi connectivity index (χ3n) is 4.65. The number of nitrogens with zero attached hydrogens (tertiary/aromatic N) is 2. The zero-order chi connectivity index (χ0) is 25.8. The van der Waals surface area contributed by atoms with E-state index in [1.165, 1.54) is 23.6 Å². The van der Waals surface area contributed by atoms with Gasteiger partial charge in [-0.05, 0) is 53.7 Å². The first kappa shape index (κ1) is 27.3. The molecule has 2 heterocycles. The molecule has 2 aliphatic heterocycles. The van der Waals surface area contributed by atoms with Crippen LogP contribution < -0.4 is 4.74 Å². The molecule has 1 amide bonds. The molecule has 2 unspecified atom stereocenters. The Morgan fingerprint density at radius 2 is 1.77 bits per heavy atom. The number of esters is 1. The number of phosphoric acid groups is 1. The molecule has 0 aliphatic carbocycles. The van der Waals surface area contributed by atoms with E-state index < -0.39 is 36.7 Å². The Hall–Kier alpha value is -2.33. The molecule has 0 saturated carbocycles. The Balaban J connectivity index is 1.83. The van der Waals surface area contributed by atoms with Gasteiger partial charge in [0.25, 0.3) is 5.91 Å². The van der Waals surface area contributed by atoms with Crippen molar-refractivity contribution in [3.05, 3.63) is 41.8 Å². The van der Waals surface area contributed by atoms with E-state index in [0.717, 1.165) is 0 Å². The van der Waals surface area contributed by atoms with Crippen molar-refractivity contribution >= 4 is 36.5 Å². The summed E-state index contributed by atoms with van der Waals surface area (Å²) in [5.41, 5.74) is -1.01. The van der Waals surface area contributed by atoms with Gasteiger partial charge in [-0.25, -0.2) is 9.36 Å². The van der Waals surface area contributed by atoms with Gasteiger partial charge < -0.3 is 14.0 Å². The van der Waals surface area contributed by atoms with Crippen LogP contribution in [0.5, 0.6) is 5.75 Å². The molecule has 0 N–H and O–H groups in total. The summed E-state index contributed by atoms with van der Waals surface area (Å²) >= 11 is 1.31. The van der Waals surface area contributed by atoms with E-state index in [1.807, 2.05) is 30.3 Å². The molecular formula is C23H31N2O8PS. The van der Waals surface area contributed by atoms with E-state index in [0.29, 0.717) is 10.8 Å². The quantitative estimate of drug-likeness (QED) is 0.135. The second-order valence-corrected chi connectivity index (χ2v) is 11.4. The van der Waals surface area contributed by atoms with Gasteiger partial charge in [-0.3, -0.25) is 23.7 Å². The van der Waals surface area contributed by atoms with Gasteiger partial charge >= 0.3 is 13.8 Å². The van der Waals surface area contributed by atoms with Gasteiger partial charge in [-0.2, -0.15) is 0 Å². The smallest absolute Gasteiger partial charge is 0.487 e. The number of carbonyl (C=O) groups is 2. The van der Waals surface area contributed by atoms with Crippen LogP contribution in [0.3, 0.4) is 0 Å². The number of benzene rings is 1. The molecule has 1 fully saturated rings. The largest absolute Gasteiger partial charge is 0.529 e. The summed E-state index contributed by atoms with van der Waals surface area (Å²) in [4.78, 5) is 31.9. The van der Waals surface area contributed by atoms with Crippen molar-refractivity contribution in [2.24, 2.45) is 4.99 Å². The van der Waals surface area contributed by atoms with Crippen molar-refractivity contribution in [1.29, 1.82) is 0 Å². The van der Waals surface area contributed by atoms with Crippen molar-refractivity contribution in [3.63, 3.8) is 0 Å². The van der Waals surface area contributed by atoms with E-state index in [9.17, 15) is 14.2 Å². The van der Waals surface area contributed by atoms with Gasteiger partial charge in [-0.15, -0.1) is 0 Å². The fourth-order valence-corrected chi connectivity index (χ4v) is 5.77. The zero-order valence-corrected chi connectivity index (χ0v) is 22.4. The number of ether oxygens (including phenoxy) is 2. The summed E-state index contributed by atoms with van der Waals surface area (Å²) in [6.07, 6.45) is 0. The van der Waals surface area contributed by atoms with Gasteiger partial charge in [0.2, 0.25) is 0 Å². The summed E-state index contributed by atoms with van der Waals surface area (Å²) in [7, 11) is -4.01. The van der Waals surface area contributed by atoms with E-state index in [2.05, 4.69) is 4.99 Å². The van der Waals surface area contributed by atoms with E-state index in [1.54, 1.807) is 34.6 Å². The molecule has 0 aromatic heterocycles. The number of allylic oxidation sites excluding steroid dienone is 1. The summed E-state index contributed by atoms with van der Waals surface area (Å²) in [5, 5.41) is 0.132. The van der Waals surface area contributed by atoms with E-state index in [4.69, 9.17) is 23.0 Å². The van der Waals surface area contributed by atoms with Gasteiger partial charge in [0.15, 0.2) is 11.7 Å². The number of thioether (sulfide) groups is 1. The molecular weight excluding hydrogens is 495 g/mol. The number of amides is 1. The van der Waals surface area contributed by atoms with Gasteiger partial charge in [0, 0.05) is 0 Å². The molecule has 0 bridgehead atoms. The molecule has 2 aliphatic rings. The highest BCUT2D eigenvalue weighted by atomic mass is 32.2. The van der Waals surface area contributed by atoms with Crippen LogP contribution in [-0.2, 0) is 32.5 Å². The van der Waals surface area contributed by atoms with E-state index in [-0.39, 0.29) is 31.3 Å². The molecule has 1 saturated heterocycles. The van der Waals surface area contributed by atoms with Crippen molar-refractivity contribution in [2.45, 2.75) is 58.6 Å². The molecule has 1 aromatic rings. The van der Waals surface area contributed by atoms with Gasteiger partial charge in [0.1, 0.15) is 34.1 Å². The summed E-state index contributed by atoms with van der Waals surface area (Å²) in [6.45, 7) is 10.1. The average molecular weight is 527 g/mol. The van der Waals surface area contributed by atoms with Crippen LogP contribution in [0.15, 0.2) is 46.8 Å². The summed E-state index contributed by atoms with van der Waals surface area (Å²) in [6, 6.07) is 8.59. The molecule has 0 spiro atoms. The molecule has 10 nitrogen and oxygen atoms in total. The molecule has 35 heavy (non-hydrogen) atoms. The molecule has 1 aromatic carbocycles. The van der Waals surface area contributed by atoms with Crippen LogP contribution in [0.1, 0.15) is 41.5 Å². The molecule has 192 valence electrons. The predicted molar refractivity (Wildman–Crippen MR) is 132 cm³/mol. The predicted octanol–water partition coefficient (Wildman–Crippen LogP) is 4.52. The topological polar surface area (TPSA) is 113 Å². The van der Waals surface area contributed by atoms with Crippen molar-refractivity contribution < 1.29 is 37.2 Å². The first-order chi connectivity index (χ1) is 16.5. The monoisotopic (exact) mass is 526 g/mol. The number of hydrogen-bond acceptors (Lipinski definition) is 10. The third-order valence-corrected chi connectivity index (χ3v) is 7.50. The molecule has 12 heteroatoms. The van der Waals surface area contributed by atoms with Crippen molar-refractivity contribution in [1.82, 2.24) is 4.90 Å².